The summed E-state index contributed by atoms with van der Waals surface area (Å²) in [6.45, 7) is 5.84. The molecule has 22 heavy (non-hydrogen) atoms. The van der Waals surface area contributed by atoms with Crippen molar-refractivity contribution in [2.24, 2.45) is 0 Å². The predicted molar refractivity (Wildman–Crippen MR) is 92.3 cm³/mol. The molecule has 1 saturated heterocycles. The minimum atomic E-state index is 0.514. The standard InChI is InChI=1S/C20H24N2/c1-16(17-7-3-2-4-8-17)21-13-14-22-19(15-21)12-11-18-9-5-6-10-20(18)22/h2-10,16,19H,11-15H2,1H3. The van der Waals surface area contributed by atoms with Gasteiger partial charge in [0.25, 0.3) is 0 Å². The lowest BCUT2D eigenvalue weighted by atomic mass is 9.93. The second-order valence-corrected chi connectivity index (χ2v) is 6.60. The van der Waals surface area contributed by atoms with Crippen LogP contribution in [-0.2, 0) is 6.42 Å². The third-order valence-corrected chi connectivity index (χ3v) is 5.39. The first-order chi connectivity index (χ1) is 10.8. The van der Waals surface area contributed by atoms with Crippen LogP contribution >= 0.6 is 0 Å². The Morgan fingerprint density at radius 3 is 2.59 bits per heavy atom. The summed E-state index contributed by atoms with van der Waals surface area (Å²) in [5.41, 5.74) is 4.45. The lowest BCUT2D eigenvalue weighted by molar-refractivity contribution is 0.165. The molecule has 2 heterocycles. The van der Waals surface area contributed by atoms with Crippen molar-refractivity contribution in [1.82, 2.24) is 4.90 Å². The van der Waals surface area contributed by atoms with Gasteiger partial charge in [0.1, 0.15) is 0 Å². The van der Waals surface area contributed by atoms with Crippen molar-refractivity contribution in [3.05, 3.63) is 65.7 Å². The number of para-hydroxylation sites is 1. The summed E-state index contributed by atoms with van der Waals surface area (Å²) < 4.78 is 0. The number of piperazine rings is 1. The van der Waals surface area contributed by atoms with E-state index in [4.69, 9.17) is 0 Å². The number of aryl methyl sites for hydroxylation is 1. The molecule has 0 spiro atoms. The average molecular weight is 292 g/mol. The lowest BCUT2D eigenvalue weighted by Crippen LogP contribution is -2.55. The third kappa shape index (κ3) is 2.42. The van der Waals surface area contributed by atoms with Crippen molar-refractivity contribution in [3.63, 3.8) is 0 Å². The second kappa shape index (κ2) is 5.77. The smallest absolute Gasteiger partial charge is 0.0421 e. The summed E-state index contributed by atoms with van der Waals surface area (Å²) in [6.07, 6.45) is 2.51. The van der Waals surface area contributed by atoms with Crippen molar-refractivity contribution >= 4 is 5.69 Å². The third-order valence-electron chi connectivity index (χ3n) is 5.39. The number of hydrogen-bond donors (Lipinski definition) is 0. The molecule has 2 heteroatoms. The molecule has 1 fully saturated rings. The summed E-state index contributed by atoms with van der Waals surface area (Å²) in [4.78, 5) is 5.30. The van der Waals surface area contributed by atoms with Gasteiger partial charge in [-0.25, -0.2) is 0 Å². The molecule has 0 bridgehead atoms. The largest absolute Gasteiger partial charge is 0.366 e. The molecule has 2 aliphatic rings. The Morgan fingerprint density at radius 2 is 1.73 bits per heavy atom. The first kappa shape index (κ1) is 13.8. The fourth-order valence-corrected chi connectivity index (χ4v) is 4.06. The molecule has 0 amide bonds. The molecular formula is C20H24N2. The van der Waals surface area contributed by atoms with Crippen molar-refractivity contribution in [2.75, 3.05) is 24.5 Å². The fourth-order valence-electron chi connectivity index (χ4n) is 4.06. The maximum absolute atomic E-state index is 2.66. The van der Waals surface area contributed by atoms with Crippen LogP contribution in [0, 0.1) is 0 Å². The van der Waals surface area contributed by atoms with E-state index in [1.807, 2.05) is 0 Å². The molecule has 114 valence electrons. The van der Waals surface area contributed by atoms with Crippen LogP contribution in [0.1, 0.15) is 30.5 Å². The normalized spacial score (nSPS) is 22.8. The Balaban J connectivity index is 1.52. The van der Waals surface area contributed by atoms with Crippen molar-refractivity contribution < 1.29 is 0 Å². The zero-order valence-electron chi connectivity index (χ0n) is 13.3. The number of anilines is 1. The summed E-state index contributed by atoms with van der Waals surface area (Å²) in [5.74, 6) is 0. The van der Waals surface area contributed by atoms with Gasteiger partial charge in [0.2, 0.25) is 0 Å². The van der Waals surface area contributed by atoms with E-state index in [0.717, 1.165) is 13.1 Å². The molecule has 0 saturated carbocycles. The molecule has 2 nitrogen and oxygen atoms in total. The number of benzene rings is 2. The van der Waals surface area contributed by atoms with Crippen LogP contribution in [0.3, 0.4) is 0 Å². The van der Waals surface area contributed by atoms with Gasteiger partial charge in [-0.3, -0.25) is 4.90 Å². The van der Waals surface area contributed by atoms with Gasteiger partial charge < -0.3 is 4.90 Å². The first-order valence-electron chi connectivity index (χ1n) is 8.46. The Morgan fingerprint density at radius 1 is 0.955 bits per heavy atom. The molecular weight excluding hydrogens is 268 g/mol. The topological polar surface area (TPSA) is 6.48 Å². The lowest BCUT2D eigenvalue weighted by Gasteiger charge is -2.47. The van der Waals surface area contributed by atoms with E-state index in [0.29, 0.717) is 12.1 Å². The van der Waals surface area contributed by atoms with Gasteiger partial charge in [-0.15, -0.1) is 0 Å². The minimum Gasteiger partial charge on any atom is -0.366 e. The van der Waals surface area contributed by atoms with Crippen molar-refractivity contribution in [1.29, 1.82) is 0 Å². The first-order valence-corrected chi connectivity index (χ1v) is 8.46. The Labute approximate surface area is 133 Å². The Kier molecular flexibility index (Phi) is 3.63. The zero-order valence-corrected chi connectivity index (χ0v) is 13.3. The number of nitrogens with zero attached hydrogens (tertiary/aromatic N) is 2. The highest BCUT2D eigenvalue weighted by Crippen LogP contribution is 2.34. The highest BCUT2D eigenvalue weighted by Gasteiger charge is 2.33. The van der Waals surface area contributed by atoms with E-state index in [1.54, 1.807) is 0 Å². The van der Waals surface area contributed by atoms with Gasteiger partial charge in [0, 0.05) is 37.4 Å². The Hall–Kier alpha value is -1.80. The molecule has 0 aliphatic carbocycles. The molecule has 2 atom stereocenters. The maximum Gasteiger partial charge on any atom is 0.0421 e. The maximum atomic E-state index is 2.66. The molecule has 2 aromatic rings. The summed E-state index contributed by atoms with van der Waals surface area (Å²) in [7, 11) is 0. The van der Waals surface area contributed by atoms with E-state index in [9.17, 15) is 0 Å². The molecule has 0 N–H and O–H groups in total. The van der Waals surface area contributed by atoms with E-state index in [1.165, 1.54) is 36.2 Å². The van der Waals surface area contributed by atoms with Crippen molar-refractivity contribution in [2.45, 2.75) is 31.8 Å². The van der Waals surface area contributed by atoms with Crippen LogP contribution in [0.25, 0.3) is 0 Å². The highest BCUT2D eigenvalue weighted by atomic mass is 15.3. The highest BCUT2D eigenvalue weighted by molar-refractivity contribution is 5.57. The monoisotopic (exact) mass is 292 g/mol. The van der Waals surface area contributed by atoms with E-state index in [-0.39, 0.29) is 0 Å². The molecule has 4 rings (SSSR count). The van der Waals surface area contributed by atoms with Crippen LogP contribution in [0.2, 0.25) is 0 Å². The number of hydrogen-bond acceptors (Lipinski definition) is 2. The van der Waals surface area contributed by atoms with E-state index in [2.05, 4.69) is 71.3 Å². The van der Waals surface area contributed by atoms with Crippen LogP contribution < -0.4 is 4.90 Å². The van der Waals surface area contributed by atoms with Gasteiger partial charge in [-0.2, -0.15) is 0 Å². The molecule has 0 aromatic heterocycles. The Bertz CT molecular complexity index is 637. The average Bonchev–Trinajstić information content (AvgIpc) is 2.61. The fraction of sp³-hybridized carbons (Fsp3) is 0.400. The SMILES string of the molecule is CC(c1ccccc1)N1CCN2c3ccccc3CCC2C1. The van der Waals surface area contributed by atoms with Crippen LogP contribution in [0.4, 0.5) is 5.69 Å². The van der Waals surface area contributed by atoms with Gasteiger partial charge in [0.15, 0.2) is 0 Å². The zero-order chi connectivity index (χ0) is 14.9. The van der Waals surface area contributed by atoms with Gasteiger partial charge in [0.05, 0.1) is 0 Å². The molecule has 2 aliphatic heterocycles. The molecule has 2 aromatic carbocycles. The quantitative estimate of drug-likeness (QED) is 0.828. The molecule has 0 radical (unpaired) electrons. The van der Waals surface area contributed by atoms with Gasteiger partial charge in [-0.1, -0.05) is 48.5 Å². The van der Waals surface area contributed by atoms with Gasteiger partial charge >= 0.3 is 0 Å². The molecule has 2 unspecified atom stereocenters. The summed E-state index contributed by atoms with van der Waals surface area (Å²) in [6, 6.07) is 21.1. The predicted octanol–water partition coefficient (Wildman–Crippen LogP) is 3.88. The number of fused-ring (bicyclic) bond motifs is 3. The second-order valence-electron chi connectivity index (χ2n) is 6.60. The van der Waals surface area contributed by atoms with Crippen LogP contribution in [0.15, 0.2) is 54.6 Å². The summed E-state index contributed by atoms with van der Waals surface area (Å²) in [5, 5.41) is 0. The van der Waals surface area contributed by atoms with Crippen LogP contribution in [0.5, 0.6) is 0 Å². The van der Waals surface area contributed by atoms with Gasteiger partial charge in [-0.05, 0) is 37.0 Å². The van der Waals surface area contributed by atoms with Crippen LogP contribution in [-0.4, -0.2) is 30.6 Å². The van der Waals surface area contributed by atoms with E-state index < -0.39 is 0 Å². The summed E-state index contributed by atoms with van der Waals surface area (Å²) >= 11 is 0. The van der Waals surface area contributed by atoms with Crippen molar-refractivity contribution in [3.8, 4) is 0 Å². The number of rotatable bonds is 2. The minimum absolute atomic E-state index is 0.514. The van der Waals surface area contributed by atoms with E-state index >= 15 is 0 Å².